The summed E-state index contributed by atoms with van der Waals surface area (Å²) in [4.78, 5) is 18.4. The van der Waals surface area contributed by atoms with Gasteiger partial charge >= 0.3 is 5.97 Å². The molecule has 0 radical (unpaired) electrons. The molecule has 0 bridgehead atoms. The predicted molar refractivity (Wildman–Crippen MR) is 68.2 cm³/mol. The van der Waals surface area contributed by atoms with Gasteiger partial charge in [0, 0.05) is 0 Å². The van der Waals surface area contributed by atoms with Gasteiger partial charge in [-0.3, -0.25) is 4.79 Å². The Morgan fingerprint density at radius 3 is 2.89 bits per heavy atom. The average Bonchev–Trinajstić information content (AvgIpc) is 2.68. The first kappa shape index (κ1) is 12.5. The molecule has 0 aliphatic heterocycles. The normalized spacial score (nSPS) is 14.6. The molecule has 0 amide bonds. The molecular formula is C12H16N4O2. The minimum atomic E-state index is -0.967. The lowest BCUT2D eigenvalue weighted by Crippen LogP contribution is -2.43. The molecule has 5 N–H and O–H groups in total. The number of aryl methyl sites for hydroxylation is 1. The van der Waals surface area contributed by atoms with Crippen LogP contribution in [0, 0.1) is 6.92 Å². The smallest absolute Gasteiger partial charge is 0.322 e. The van der Waals surface area contributed by atoms with E-state index in [0.29, 0.717) is 0 Å². The Balaban J connectivity index is 2.37. The molecule has 0 fully saturated rings. The average molecular weight is 248 g/mol. The summed E-state index contributed by atoms with van der Waals surface area (Å²) in [7, 11) is 1.58. The Hall–Kier alpha value is -1.92. The van der Waals surface area contributed by atoms with Gasteiger partial charge in [-0.05, 0) is 31.7 Å². The van der Waals surface area contributed by atoms with Gasteiger partial charge < -0.3 is 21.1 Å². The Bertz CT molecular complexity index is 578. The fourth-order valence-electron chi connectivity index (χ4n) is 2.01. The van der Waals surface area contributed by atoms with E-state index < -0.39 is 18.1 Å². The van der Waals surface area contributed by atoms with Gasteiger partial charge in [0.15, 0.2) is 0 Å². The van der Waals surface area contributed by atoms with Gasteiger partial charge in [-0.2, -0.15) is 0 Å². The number of nitrogens with one attached hydrogen (secondary N) is 2. The van der Waals surface area contributed by atoms with E-state index in [1.165, 1.54) is 0 Å². The van der Waals surface area contributed by atoms with E-state index in [9.17, 15) is 4.79 Å². The molecule has 0 spiro atoms. The van der Waals surface area contributed by atoms with Gasteiger partial charge in [0.1, 0.15) is 11.9 Å². The first-order valence-electron chi connectivity index (χ1n) is 5.65. The number of H-pyrrole nitrogens is 1. The highest BCUT2D eigenvalue weighted by Crippen LogP contribution is 2.20. The molecule has 0 aliphatic rings. The SMILES string of the molecule is CNC(C(=O)O)C(N)c1ccc2nc(C)[nH]c2c1. The van der Waals surface area contributed by atoms with E-state index >= 15 is 0 Å². The van der Waals surface area contributed by atoms with Crippen molar-refractivity contribution in [3.63, 3.8) is 0 Å². The number of likely N-dealkylation sites (N-methyl/N-ethyl adjacent to an activating group) is 1. The zero-order valence-corrected chi connectivity index (χ0v) is 10.3. The molecule has 2 aromatic rings. The van der Waals surface area contributed by atoms with Crippen LogP contribution in [-0.2, 0) is 4.79 Å². The molecule has 1 aromatic carbocycles. The number of carboxylic acids is 1. The van der Waals surface area contributed by atoms with Gasteiger partial charge in [-0.1, -0.05) is 6.07 Å². The molecule has 0 aliphatic carbocycles. The standard InChI is InChI=1S/C12H16N4O2/c1-6-15-8-4-3-7(5-9(8)16-6)10(13)11(14-2)12(17)18/h3-5,10-11,14H,13H2,1-2H3,(H,15,16)(H,17,18). The lowest BCUT2D eigenvalue weighted by Gasteiger charge is -2.19. The van der Waals surface area contributed by atoms with Crippen LogP contribution in [0.2, 0.25) is 0 Å². The van der Waals surface area contributed by atoms with Crippen LogP contribution in [0.1, 0.15) is 17.4 Å². The molecule has 2 unspecified atom stereocenters. The zero-order valence-electron chi connectivity index (χ0n) is 10.3. The number of carbonyl (C=O) groups is 1. The van der Waals surface area contributed by atoms with E-state index in [1.807, 2.05) is 19.1 Å². The minimum absolute atomic E-state index is 0.611. The number of fused-ring (bicyclic) bond motifs is 1. The number of aromatic nitrogens is 2. The van der Waals surface area contributed by atoms with Gasteiger partial charge in [-0.15, -0.1) is 0 Å². The quantitative estimate of drug-likeness (QED) is 0.632. The second-order valence-electron chi connectivity index (χ2n) is 4.23. The number of benzene rings is 1. The lowest BCUT2D eigenvalue weighted by molar-refractivity contribution is -0.139. The maximum Gasteiger partial charge on any atom is 0.322 e. The Kier molecular flexibility index (Phi) is 3.31. The first-order chi connectivity index (χ1) is 8.52. The minimum Gasteiger partial charge on any atom is -0.480 e. The van der Waals surface area contributed by atoms with Crippen molar-refractivity contribution in [1.29, 1.82) is 0 Å². The summed E-state index contributed by atoms with van der Waals surface area (Å²) in [6, 6.07) is 4.06. The van der Waals surface area contributed by atoms with Crippen molar-refractivity contribution in [2.24, 2.45) is 5.73 Å². The van der Waals surface area contributed by atoms with E-state index in [1.54, 1.807) is 13.1 Å². The third-order valence-corrected chi connectivity index (χ3v) is 2.95. The summed E-state index contributed by atoms with van der Waals surface area (Å²) < 4.78 is 0. The number of carboxylic acid groups (broad SMARTS) is 1. The van der Waals surface area contributed by atoms with E-state index in [4.69, 9.17) is 10.8 Å². The largest absolute Gasteiger partial charge is 0.480 e. The van der Waals surface area contributed by atoms with Gasteiger partial charge in [0.2, 0.25) is 0 Å². The molecule has 0 saturated carbocycles. The summed E-state index contributed by atoms with van der Waals surface area (Å²) in [6.07, 6.45) is 0. The fourth-order valence-corrected chi connectivity index (χ4v) is 2.01. The second kappa shape index (κ2) is 4.75. The van der Waals surface area contributed by atoms with Crippen LogP contribution < -0.4 is 11.1 Å². The van der Waals surface area contributed by atoms with Crippen LogP contribution in [0.5, 0.6) is 0 Å². The number of hydrogen-bond acceptors (Lipinski definition) is 4. The van der Waals surface area contributed by atoms with E-state index in [0.717, 1.165) is 22.4 Å². The predicted octanol–water partition coefficient (Wildman–Crippen LogP) is 0.544. The Labute approximate surface area is 104 Å². The van der Waals surface area contributed by atoms with Crippen molar-refractivity contribution < 1.29 is 9.90 Å². The number of aromatic amines is 1. The van der Waals surface area contributed by atoms with Crippen molar-refractivity contribution in [3.05, 3.63) is 29.6 Å². The van der Waals surface area contributed by atoms with Crippen molar-refractivity contribution in [1.82, 2.24) is 15.3 Å². The summed E-state index contributed by atoms with van der Waals surface area (Å²) in [5.74, 6) is -0.148. The highest BCUT2D eigenvalue weighted by Gasteiger charge is 2.24. The van der Waals surface area contributed by atoms with Crippen molar-refractivity contribution in [3.8, 4) is 0 Å². The Morgan fingerprint density at radius 1 is 1.56 bits per heavy atom. The lowest BCUT2D eigenvalue weighted by atomic mass is 10.00. The molecule has 2 atom stereocenters. The number of nitrogens with two attached hydrogens (primary N) is 1. The van der Waals surface area contributed by atoms with Crippen LogP contribution >= 0.6 is 0 Å². The number of hydrogen-bond donors (Lipinski definition) is 4. The fraction of sp³-hybridized carbons (Fsp3) is 0.333. The van der Waals surface area contributed by atoms with Gasteiger partial charge in [0.25, 0.3) is 0 Å². The van der Waals surface area contributed by atoms with E-state index in [-0.39, 0.29) is 0 Å². The number of rotatable bonds is 4. The van der Waals surface area contributed by atoms with Crippen molar-refractivity contribution in [2.75, 3.05) is 7.05 Å². The highest BCUT2D eigenvalue weighted by atomic mass is 16.4. The van der Waals surface area contributed by atoms with Crippen LogP contribution in [-0.4, -0.2) is 34.1 Å². The van der Waals surface area contributed by atoms with E-state index in [2.05, 4.69) is 15.3 Å². The van der Waals surface area contributed by atoms with Gasteiger partial charge in [0.05, 0.1) is 17.1 Å². The number of nitrogens with zero attached hydrogens (tertiary/aromatic N) is 1. The van der Waals surface area contributed by atoms with Crippen LogP contribution in [0.3, 0.4) is 0 Å². The summed E-state index contributed by atoms with van der Waals surface area (Å²) in [5.41, 5.74) is 8.44. The molecular weight excluding hydrogens is 232 g/mol. The maximum atomic E-state index is 11.1. The van der Waals surface area contributed by atoms with Crippen molar-refractivity contribution in [2.45, 2.75) is 19.0 Å². The summed E-state index contributed by atoms with van der Waals surface area (Å²) in [5, 5.41) is 11.8. The van der Waals surface area contributed by atoms with Crippen LogP contribution in [0.25, 0.3) is 11.0 Å². The molecule has 6 heteroatoms. The highest BCUT2D eigenvalue weighted by molar-refractivity contribution is 5.78. The molecule has 6 nitrogen and oxygen atoms in total. The monoisotopic (exact) mass is 248 g/mol. The molecule has 0 saturated heterocycles. The van der Waals surface area contributed by atoms with Crippen LogP contribution in [0.4, 0.5) is 0 Å². The number of aliphatic carboxylic acids is 1. The number of imidazole rings is 1. The molecule has 96 valence electrons. The topological polar surface area (TPSA) is 104 Å². The van der Waals surface area contributed by atoms with Crippen molar-refractivity contribution >= 4 is 17.0 Å². The molecule has 18 heavy (non-hydrogen) atoms. The molecule has 2 rings (SSSR count). The van der Waals surface area contributed by atoms with Gasteiger partial charge in [-0.25, -0.2) is 4.98 Å². The third-order valence-electron chi connectivity index (χ3n) is 2.95. The second-order valence-corrected chi connectivity index (χ2v) is 4.23. The van der Waals surface area contributed by atoms with Crippen LogP contribution in [0.15, 0.2) is 18.2 Å². The maximum absolute atomic E-state index is 11.1. The molecule has 1 aromatic heterocycles. The molecule has 1 heterocycles. The third kappa shape index (κ3) is 2.20. The summed E-state index contributed by atoms with van der Waals surface area (Å²) in [6.45, 7) is 1.87. The zero-order chi connectivity index (χ0) is 13.3. The summed E-state index contributed by atoms with van der Waals surface area (Å²) >= 11 is 0. The first-order valence-corrected chi connectivity index (χ1v) is 5.65. The Morgan fingerprint density at radius 2 is 2.28 bits per heavy atom.